The van der Waals surface area contributed by atoms with Gasteiger partial charge < -0.3 is 5.11 Å². The number of hydrogen-bond donors (Lipinski definition) is 1. The molecule has 0 aliphatic heterocycles. The van der Waals surface area contributed by atoms with Gasteiger partial charge in [-0.15, -0.1) is 0 Å². The average molecular weight is 233 g/mol. The molecule has 1 atom stereocenters. The van der Waals surface area contributed by atoms with Crippen molar-refractivity contribution in [3.63, 3.8) is 0 Å². The zero-order valence-corrected chi connectivity index (χ0v) is 10.6. The largest absolute Gasteiger partial charge is 0.392 e. The van der Waals surface area contributed by atoms with E-state index in [1.54, 1.807) is 0 Å². The molecule has 4 nitrogen and oxygen atoms in total. The van der Waals surface area contributed by atoms with E-state index in [-0.39, 0.29) is 12.0 Å². The Balaban J connectivity index is 2.74. The summed E-state index contributed by atoms with van der Waals surface area (Å²) < 4.78 is 0. The van der Waals surface area contributed by atoms with Crippen molar-refractivity contribution in [2.75, 3.05) is 6.54 Å². The minimum absolute atomic E-state index is 0.120. The highest BCUT2D eigenvalue weighted by molar-refractivity contribution is 5.23. The number of rotatable bonds is 5. The van der Waals surface area contributed by atoms with Gasteiger partial charge in [0.15, 0.2) is 0 Å². The predicted octanol–water partition coefficient (Wildman–Crippen LogP) is 3.23. The molecule has 1 aromatic rings. The van der Waals surface area contributed by atoms with Gasteiger partial charge in [0, 0.05) is 4.91 Å². The van der Waals surface area contributed by atoms with E-state index in [2.05, 4.69) is 22.2 Å². The van der Waals surface area contributed by atoms with Crippen LogP contribution in [-0.4, -0.2) is 17.8 Å². The molecule has 1 aromatic carbocycles. The van der Waals surface area contributed by atoms with E-state index in [1.807, 2.05) is 32.9 Å². The summed E-state index contributed by atoms with van der Waals surface area (Å²) in [6, 6.07) is 8.23. The van der Waals surface area contributed by atoms with E-state index < -0.39 is 6.10 Å². The van der Waals surface area contributed by atoms with Crippen LogP contribution in [0.1, 0.15) is 25.0 Å². The molecule has 1 N–H and O–H groups in total. The lowest BCUT2D eigenvalue weighted by Gasteiger charge is -2.29. The minimum Gasteiger partial charge on any atom is -0.392 e. The Morgan fingerprint density at radius 1 is 1.47 bits per heavy atom. The van der Waals surface area contributed by atoms with Gasteiger partial charge in [-0.1, -0.05) is 48.8 Å². The first kappa shape index (κ1) is 13.6. The lowest BCUT2D eigenvalue weighted by molar-refractivity contribution is 0.0579. The molecule has 0 aliphatic carbocycles. The first-order valence-electron chi connectivity index (χ1n) is 5.70. The van der Waals surface area contributed by atoms with Crippen LogP contribution >= 0.6 is 0 Å². The molecule has 0 spiro atoms. The lowest BCUT2D eigenvalue weighted by atomic mass is 9.80. The van der Waals surface area contributed by atoms with E-state index in [1.165, 1.54) is 11.1 Å². The van der Waals surface area contributed by atoms with Crippen LogP contribution in [-0.2, 0) is 6.42 Å². The van der Waals surface area contributed by atoms with Crippen molar-refractivity contribution in [2.24, 2.45) is 10.5 Å². The van der Waals surface area contributed by atoms with Crippen molar-refractivity contribution < 1.29 is 5.11 Å². The fourth-order valence-electron chi connectivity index (χ4n) is 1.83. The Labute approximate surface area is 102 Å². The first-order valence-corrected chi connectivity index (χ1v) is 5.70. The second-order valence-corrected chi connectivity index (χ2v) is 5.08. The molecule has 0 saturated heterocycles. The number of azide groups is 1. The third-order valence-corrected chi connectivity index (χ3v) is 2.96. The maximum atomic E-state index is 9.97. The normalized spacial score (nSPS) is 12.9. The second-order valence-electron chi connectivity index (χ2n) is 5.08. The fourth-order valence-corrected chi connectivity index (χ4v) is 1.83. The van der Waals surface area contributed by atoms with Crippen LogP contribution < -0.4 is 0 Å². The molecular formula is C13H19N3O. The van der Waals surface area contributed by atoms with Gasteiger partial charge in [0.2, 0.25) is 0 Å². The molecule has 1 rings (SSSR count). The summed E-state index contributed by atoms with van der Waals surface area (Å²) in [7, 11) is 0. The summed E-state index contributed by atoms with van der Waals surface area (Å²) in [6.07, 6.45) is 0.135. The van der Waals surface area contributed by atoms with Crippen LogP contribution in [0.4, 0.5) is 0 Å². The van der Waals surface area contributed by atoms with Crippen LogP contribution in [0.5, 0.6) is 0 Å². The third kappa shape index (κ3) is 4.10. The molecule has 17 heavy (non-hydrogen) atoms. The zero-order chi connectivity index (χ0) is 12.9. The van der Waals surface area contributed by atoms with Gasteiger partial charge in [-0.2, -0.15) is 0 Å². The van der Waals surface area contributed by atoms with Crippen molar-refractivity contribution in [3.8, 4) is 0 Å². The van der Waals surface area contributed by atoms with E-state index >= 15 is 0 Å². The molecule has 92 valence electrons. The van der Waals surface area contributed by atoms with Gasteiger partial charge >= 0.3 is 0 Å². The Morgan fingerprint density at radius 3 is 2.76 bits per heavy atom. The van der Waals surface area contributed by atoms with Crippen molar-refractivity contribution in [3.05, 3.63) is 45.8 Å². The summed E-state index contributed by atoms with van der Waals surface area (Å²) in [5.41, 5.74) is 10.4. The Kier molecular flexibility index (Phi) is 4.55. The molecule has 0 amide bonds. The van der Waals surface area contributed by atoms with Gasteiger partial charge in [0.25, 0.3) is 0 Å². The Morgan fingerprint density at radius 2 is 2.18 bits per heavy atom. The monoisotopic (exact) mass is 233 g/mol. The second kappa shape index (κ2) is 5.71. The van der Waals surface area contributed by atoms with Gasteiger partial charge in [-0.25, -0.2) is 0 Å². The SMILES string of the molecule is Cc1cccc(CC(C)(C)C(O)CN=[N+]=[N-])c1. The van der Waals surface area contributed by atoms with Gasteiger partial charge in [0.05, 0.1) is 12.6 Å². The number of benzene rings is 1. The first-order chi connectivity index (χ1) is 7.95. The molecule has 0 heterocycles. The highest BCUT2D eigenvalue weighted by Crippen LogP contribution is 2.26. The number of aliphatic hydroxyl groups is 1. The Bertz CT molecular complexity index is 422. The maximum Gasteiger partial charge on any atom is 0.0650 e. The number of aryl methyl sites for hydroxylation is 1. The fraction of sp³-hybridized carbons (Fsp3) is 0.538. The molecule has 0 fully saturated rings. The molecule has 0 saturated carbocycles. The van der Waals surface area contributed by atoms with Gasteiger partial charge in [-0.3, -0.25) is 0 Å². The highest BCUT2D eigenvalue weighted by atomic mass is 16.3. The summed E-state index contributed by atoms with van der Waals surface area (Å²) in [5.74, 6) is 0. The standard InChI is InChI=1S/C13H19N3O/c1-10-5-4-6-11(7-10)8-13(2,3)12(17)9-15-16-14/h4-7,12,17H,8-9H2,1-3H3. The molecule has 0 bridgehead atoms. The third-order valence-electron chi connectivity index (χ3n) is 2.96. The maximum absolute atomic E-state index is 9.97. The van der Waals surface area contributed by atoms with Crippen LogP contribution in [0.25, 0.3) is 10.4 Å². The van der Waals surface area contributed by atoms with Crippen LogP contribution in [0, 0.1) is 12.3 Å². The highest BCUT2D eigenvalue weighted by Gasteiger charge is 2.27. The molecule has 0 radical (unpaired) electrons. The van der Waals surface area contributed by atoms with Crippen LogP contribution in [0.3, 0.4) is 0 Å². The lowest BCUT2D eigenvalue weighted by Crippen LogP contribution is -2.33. The summed E-state index contributed by atoms with van der Waals surface area (Å²) in [6.45, 7) is 6.13. The number of nitrogens with zero attached hydrogens (tertiary/aromatic N) is 3. The van der Waals surface area contributed by atoms with E-state index in [0.29, 0.717) is 0 Å². The van der Waals surface area contributed by atoms with Crippen molar-refractivity contribution in [1.29, 1.82) is 0 Å². The molecule has 0 aromatic heterocycles. The summed E-state index contributed by atoms with van der Waals surface area (Å²) >= 11 is 0. The van der Waals surface area contributed by atoms with Crippen LogP contribution in [0.2, 0.25) is 0 Å². The van der Waals surface area contributed by atoms with E-state index in [0.717, 1.165) is 6.42 Å². The van der Waals surface area contributed by atoms with Gasteiger partial charge in [0.1, 0.15) is 0 Å². The number of hydrogen-bond acceptors (Lipinski definition) is 2. The predicted molar refractivity (Wildman–Crippen MR) is 68.7 cm³/mol. The minimum atomic E-state index is -0.626. The van der Waals surface area contributed by atoms with Crippen LogP contribution in [0.15, 0.2) is 29.4 Å². The molecule has 0 aliphatic rings. The quantitative estimate of drug-likeness (QED) is 0.473. The molecule has 4 heteroatoms. The summed E-state index contributed by atoms with van der Waals surface area (Å²) in [4.78, 5) is 2.68. The molecule has 1 unspecified atom stereocenters. The smallest absolute Gasteiger partial charge is 0.0650 e. The van der Waals surface area contributed by atoms with Crippen molar-refractivity contribution in [2.45, 2.75) is 33.3 Å². The van der Waals surface area contributed by atoms with Gasteiger partial charge in [-0.05, 0) is 29.9 Å². The average Bonchev–Trinajstić information content (AvgIpc) is 2.25. The zero-order valence-electron chi connectivity index (χ0n) is 10.6. The van der Waals surface area contributed by atoms with Crippen molar-refractivity contribution in [1.82, 2.24) is 0 Å². The van der Waals surface area contributed by atoms with Crippen molar-refractivity contribution >= 4 is 0 Å². The summed E-state index contributed by atoms with van der Waals surface area (Å²) in [5, 5.41) is 13.4. The Hall–Kier alpha value is -1.51. The van der Waals surface area contributed by atoms with E-state index in [9.17, 15) is 5.11 Å². The topological polar surface area (TPSA) is 69.0 Å². The number of aliphatic hydroxyl groups excluding tert-OH is 1. The molecular weight excluding hydrogens is 214 g/mol. The van der Waals surface area contributed by atoms with E-state index in [4.69, 9.17) is 5.53 Å².